The van der Waals surface area contributed by atoms with Gasteiger partial charge >= 0.3 is 0 Å². The zero-order chi connectivity index (χ0) is 20.5. The maximum Gasteiger partial charge on any atom is 0.298 e. The molecule has 2 aliphatic heterocycles. The van der Waals surface area contributed by atoms with Crippen LogP contribution < -0.4 is 15.6 Å². The summed E-state index contributed by atoms with van der Waals surface area (Å²) in [7, 11) is 0. The van der Waals surface area contributed by atoms with Crippen LogP contribution in [-0.4, -0.2) is 41.2 Å². The lowest BCUT2D eigenvalue weighted by Crippen LogP contribution is -2.46. The Hall–Kier alpha value is -3.15. The standard InChI is InChI=1S/C24H26N4O2/c29-23(13-12-22-25-18-9-4-5-10-19(18)26-22)28-14-6-11-21(28)24(30)27-20-15-17(20)16-7-2-1-3-8-16/h1-5,7-10,17,20-21,25H,6,11-15H2,(H,27,30)/q+1/t17-,20+,21+/m1/s1. The lowest BCUT2D eigenvalue weighted by atomic mass is 10.1. The molecule has 2 aromatic rings. The van der Waals surface area contributed by atoms with E-state index in [9.17, 15) is 9.59 Å². The first-order chi connectivity index (χ1) is 14.7. The van der Waals surface area contributed by atoms with Gasteiger partial charge in [0.15, 0.2) is 5.69 Å². The summed E-state index contributed by atoms with van der Waals surface area (Å²) in [6, 6.07) is 18.0. The molecule has 30 heavy (non-hydrogen) atoms. The highest BCUT2D eigenvalue weighted by Crippen LogP contribution is 2.40. The van der Waals surface area contributed by atoms with Crippen LogP contribution in [0.15, 0.2) is 54.6 Å². The first-order valence-corrected chi connectivity index (χ1v) is 10.8. The van der Waals surface area contributed by atoms with E-state index in [4.69, 9.17) is 0 Å². The van der Waals surface area contributed by atoms with E-state index in [1.165, 1.54) is 5.56 Å². The highest BCUT2D eigenvalue weighted by molar-refractivity contribution is 6.04. The van der Waals surface area contributed by atoms with E-state index >= 15 is 0 Å². The molecule has 3 atom stereocenters. The molecular weight excluding hydrogens is 376 g/mol. The fourth-order valence-electron chi connectivity index (χ4n) is 4.53. The van der Waals surface area contributed by atoms with Crippen LogP contribution in [0.3, 0.4) is 0 Å². The topological polar surface area (TPSA) is 75.5 Å². The molecule has 2 heterocycles. The van der Waals surface area contributed by atoms with Crippen molar-refractivity contribution in [2.24, 2.45) is 0 Å². The lowest BCUT2D eigenvalue weighted by molar-refractivity contribution is -0.138. The molecular formula is C24H26N4O2+. The van der Waals surface area contributed by atoms with Gasteiger partial charge < -0.3 is 10.2 Å². The second kappa shape index (κ2) is 7.94. The van der Waals surface area contributed by atoms with Gasteiger partial charge in [-0.15, -0.1) is 0 Å². The van der Waals surface area contributed by atoms with Gasteiger partial charge in [-0.1, -0.05) is 42.5 Å². The van der Waals surface area contributed by atoms with Crippen molar-refractivity contribution in [3.63, 3.8) is 0 Å². The van der Waals surface area contributed by atoms with Gasteiger partial charge in [0.2, 0.25) is 17.5 Å². The van der Waals surface area contributed by atoms with Gasteiger partial charge in [-0.3, -0.25) is 9.59 Å². The van der Waals surface area contributed by atoms with Crippen molar-refractivity contribution in [1.29, 1.82) is 0 Å². The second-order valence-electron chi connectivity index (χ2n) is 8.31. The van der Waals surface area contributed by atoms with Crippen LogP contribution in [-0.2, 0) is 9.59 Å². The Kier molecular flexibility index (Phi) is 4.99. The minimum Gasteiger partial charge on any atom is -0.351 e. The number of nitrogens with zero attached hydrogens (tertiary/aromatic N) is 2. The van der Waals surface area contributed by atoms with Crippen LogP contribution >= 0.6 is 0 Å². The summed E-state index contributed by atoms with van der Waals surface area (Å²) in [6.45, 7) is 0.657. The second-order valence-corrected chi connectivity index (χ2v) is 8.31. The van der Waals surface area contributed by atoms with Gasteiger partial charge in [0, 0.05) is 24.9 Å². The number of hydrogen-bond acceptors (Lipinski definition) is 4. The summed E-state index contributed by atoms with van der Waals surface area (Å²) in [5.41, 5.74) is 3.17. The van der Waals surface area contributed by atoms with Gasteiger partial charge in [-0.2, -0.15) is 0 Å². The Morgan fingerprint density at radius 1 is 1.10 bits per heavy atom. The van der Waals surface area contributed by atoms with E-state index in [-0.39, 0.29) is 23.9 Å². The van der Waals surface area contributed by atoms with Gasteiger partial charge in [0.1, 0.15) is 6.04 Å². The van der Waals surface area contributed by atoms with Gasteiger partial charge in [0.25, 0.3) is 5.84 Å². The number of aliphatic imine (C=N–C) groups is 1. The number of hydrogen-bond donors (Lipinski definition) is 2. The van der Waals surface area contributed by atoms with Gasteiger partial charge in [-0.25, -0.2) is 5.32 Å². The molecule has 0 unspecified atom stereocenters. The molecule has 1 radical (unpaired) electrons. The normalized spacial score (nSPS) is 24.1. The largest absolute Gasteiger partial charge is 0.351 e. The molecule has 0 aromatic heterocycles. The number of likely N-dealkylation sites (tertiary alicyclic amines) is 1. The molecule has 2 amide bonds. The summed E-state index contributed by atoms with van der Waals surface area (Å²) < 4.78 is 0. The highest BCUT2D eigenvalue weighted by atomic mass is 16.2. The zero-order valence-electron chi connectivity index (χ0n) is 16.9. The summed E-state index contributed by atoms with van der Waals surface area (Å²) in [4.78, 5) is 32.0. The fraction of sp³-hybridized carbons (Fsp3) is 0.375. The van der Waals surface area contributed by atoms with Gasteiger partial charge in [0.05, 0.1) is 6.42 Å². The van der Waals surface area contributed by atoms with E-state index in [0.29, 0.717) is 25.3 Å². The molecule has 3 aliphatic rings. The molecule has 0 spiro atoms. The quantitative estimate of drug-likeness (QED) is 0.780. The third-order valence-electron chi connectivity index (χ3n) is 6.24. The van der Waals surface area contributed by atoms with Crippen LogP contribution in [0, 0.1) is 0 Å². The molecule has 0 bridgehead atoms. The van der Waals surface area contributed by atoms with Crippen molar-refractivity contribution >= 4 is 29.0 Å². The van der Waals surface area contributed by atoms with Crippen molar-refractivity contribution < 1.29 is 9.59 Å². The number of nitrogens with one attached hydrogen (secondary N) is 2. The molecule has 153 valence electrons. The minimum absolute atomic E-state index is 0.00646. The van der Waals surface area contributed by atoms with Crippen LogP contribution in [0.25, 0.3) is 0 Å². The number of carbonyl (C=O) groups excluding carboxylic acids is 2. The van der Waals surface area contributed by atoms with Crippen LogP contribution in [0.4, 0.5) is 11.4 Å². The van der Waals surface area contributed by atoms with Gasteiger partial charge in [-0.05, 0) is 42.0 Å². The number of benzene rings is 2. The van der Waals surface area contributed by atoms with Crippen LogP contribution in [0.1, 0.15) is 43.6 Å². The molecule has 1 aliphatic carbocycles. The number of amides is 2. The Labute approximate surface area is 176 Å². The Morgan fingerprint density at radius 3 is 2.73 bits per heavy atom. The van der Waals surface area contributed by atoms with Crippen LogP contribution in [0.5, 0.6) is 0 Å². The number of carbonyl (C=O) groups is 2. The molecule has 2 aromatic carbocycles. The van der Waals surface area contributed by atoms with E-state index in [1.54, 1.807) is 4.90 Å². The zero-order valence-corrected chi connectivity index (χ0v) is 16.9. The summed E-state index contributed by atoms with van der Waals surface area (Å²) in [6.07, 6.45) is 3.51. The predicted molar refractivity (Wildman–Crippen MR) is 117 cm³/mol. The van der Waals surface area contributed by atoms with E-state index < -0.39 is 0 Å². The number of para-hydroxylation sites is 2. The van der Waals surface area contributed by atoms with E-state index in [0.717, 1.165) is 36.5 Å². The first-order valence-electron chi connectivity index (χ1n) is 10.8. The third-order valence-corrected chi connectivity index (χ3v) is 6.24. The number of fused-ring (bicyclic) bond motifs is 1. The number of anilines is 1. The van der Waals surface area contributed by atoms with Crippen molar-refractivity contribution in [2.75, 3.05) is 11.9 Å². The molecule has 6 heteroatoms. The molecule has 1 saturated heterocycles. The molecule has 2 fully saturated rings. The Bertz CT molecular complexity index is 988. The SMILES string of the molecule is O=C(N[C@H]1C[C@@H]1c1ccccc1)[C@@H]1CCCN1C(=O)CCC1=[N+]c2ccccc2N1. The van der Waals surface area contributed by atoms with Crippen molar-refractivity contribution in [1.82, 2.24) is 15.2 Å². The van der Waals surface area contributed by atoms with Crippen molar-refractivity contribution in [3.05, 3.63) is 60.2 Å². The van der Waals surface area contributed by atoms with Crippen LogP contribution in [0.2, 0.25) is 0 Å². The molecule has 1 saturated carbocycles. The minimum atomic E-state index is -0.342. The number of amidine groups is 1. The maximum absolute atomic E-state index is 12.9. The summed E-state index contributed by atoms with van der Waals surface area (Å²) in [5, 5.41) is 6.44. The Morgan fingerprint density at radius 2 is 1.90 bits per heavy atom. The average molecular weight is 402 g/mol. The highest BCUT2D eigenvalue weighted by Gasteiger charge is 2.42. The molecule has 5 rings (SSSR count). The van der Waals surface area contributed by atoms with Crippen molar-refractivity contribution in [3.8, 4) is 0 Å². The molecule has 6 nitrogen and oxygen atoms in total. The Balaban J connectivity index is 1.13. The first kappa shape index (κ1) is 18.9. The lowest BCUT2D eigenvalue weighted by Gasteiger charge is -2.24. The maximum atomic E-state index is 12.9. The van der Waals surface area contributed by atoms with E-state index in [2.05, 4.69) is 27.8 Å². The average Bonchev–Trinajstić information content (AvgIpc) is 3.17. The summed E-state index contributed by atoms with van der Waals surface area (Å²) >= 11 is 0. The predicted octanol–water partition coefficient (Wildman–Crippen LogP) is 2.92. The van der Waals surface area contributed by atoms with E-state index in [1.807, 2.05) is 42.5 Å². The summed E-state index contributed by atoms with van der Waals surface area (Å²) in [5.74, 6) is 1.23. The smallest absolute Gasteiger partial charge is 0.298 e. The fourth-order valence-corrected chi connectivity index (χ4v) is 4.53. The molecule has 2 N–H and O–H groups in total. The monoisotopic (exact) mass is 402 g/mol. The third kappa shape index (κ3) is 3.82. The van der Waals surface area contributed by atoms with Crippen molar-refractivity contribution in [2.45, 2.75) is 50.1 Å². The number of rotatable bonds is 6.